The first-order chi connectivity index (χ1) is 6.59. The monoisotopic (exact) mass is 191 g/mol. The van der Waals surface area contributed by atoms with Crippen LogP contribution in [0.2, 0.25) is 0 Å². The van der Waals surface area contributed by atoms with Crippen LogP contribution >= 0.6 is 0 Å². The van der Waals surface area contributed by atoms with Crippen LogP contribution in [0.15, 0.2) is 18.3 Å². The molecular weight excluding hydrogens is 174 g/mol. The first-order valence-corrected chi connectivity index (χ1v) is 5.04. The molecule has 2 rings (SSSR count). The lowest BCUT2D eigenvalue weighted by atomic mass is 10.1. The molecule has 1 aliphatic rings. The molecule has 3 N–H and O–H groups in total. The van der Waals surface area contributed by atoms with Crippen LogP contribution in [0.5, 0.6) is 0 Å². The Bertz CT molecular complexity index is 333. The SMILES string of the molecule is CC1(C)CC1CNc1cccnc1N. The third kappa shape index (κ3) is 1.81. The van der Waals surface area contributed by atoms with E-state index in [-0.39, 0.29) is 0 Å². The van der Waals surface area contributed by atoms with Crippen LogP contribution in [0, 0.1) is 11.3 Å². The molecule has 0 radical (unpaired) electrons. The quantitative estimate of drug-likeness (QED) is 0.769. The lowest BCUT2D eigenvalue weighted by Gasteiger charge is -2.08. The van der Waals surface area contributed by atoms with Crippen LogP contribution in [0.3, 0.4) is 0 Å². The molecule has 0 aliphatic heterocycles. The number of nitrogens with one attached hydrogen (secondary N) is 1. The second-order valence-corrected chi connectivity index (χ2v) is 4.71. The van der Waals surface area contributed by atoms with Gasteiger partial charge in [-0.1, -0.05) is 13.8 Å². The van der Waals surface area contributed by atoms with Crippen LogP contribution in [-0.2, 0) is 0 Å². The largest absolute Gasteiger partial charge is 0.382 e. The van der Waals surface area contributed by atoms with Crippen molar-refractivity contribution in [2.75, 3.05) is 17.6 Å². The van der Waals surface area contributed by atoms with Gasteiger partial charge in [0.15, 0.2) is 0 Å². The Morgan fingerprint density at radius 3 is 2.93 bits per heavy atom. The van der Waals surface area contributed by atoms with E-state index in [1.165, 1.54) is 6.42 Å². The molecule has 3 heteroatoms. The summed E-state index contributed by atoms with van der Waals surface area (Å²) in [5.74, 6) is 1.37. The predicted molar refractivity (Wildman–Crippen MR) is 59.0 cm³/mol. The van der Waals surface area contributed by atoms with Gasteiger partial charge in [-0.2, -0.15) is 0 Å². The molecule has 0 saturated heterocycles. The Morgan fingerprint density at radius 1 is 1.64 bits per heavy atom. The van der Waals surface area contributed by atoms with Crippen molar-refractivity contribution in [3.8, 4) is 0 Å². The second kappa shape index (κ2) is 3.15. The van der Waals surface area contributed by atoms with Crippen molar-refractivity contribution in [3.05, 3.63) is 18.3 Å². The predicted octanol–water partition coefficient (Wildman–Crippen LogP) is 2.12. The van der Waals surface area contributed by atoms with Gasteiger partial charge < -0.3 is 11.1 Å². The van der Waals surface area contributed by atoms with Crippen molar-refractivity contribution in [3.63, 3.8) is 0 Å². The zero-order valence-electron chi connectivity index (χ0n) is 8.75. The lowest BCUT2D eigenvalue weighted by Crippen LogP contribution is -2.09. The van der Waals surface area contributed by atoms with Crippen LogP contribution in [-0.4, -0.2) is 11.5 Å². The molecule has 0 bridgehead atoms. The summed E-state index contributed by atoms with van der Waals surface area (Å²) in [7, 11) is 0. The first kappa shape index (κ1) is 9.31. The van der Waals surface area contributed by atoms with Gasteiger partial charge in [-0.25, -0.2) is 4.98 Å². The maximum absolute atomic E-state index is 5.72. The number of aromatic nitrogens is 1. The van der Waals surface area contributed by atoms with Gasteiger partial charge in [-0.05, 0) is 29.9 Å². The van der Waals surface area contributed by atoms with E-state index >= 15 is 0 Å². The summed E-state index contributed by atoms with van der Waals surface area (Å²) in [6.45, 7) is 5.60. The van der Waals surface area contributed by atoms with Crippen LogP contribution in [0.4, 0.5) is 11.5 Å². The fraction of sp³-hybridized carbons (Fsp3) is 0.545. The van der Waals surface area contributed by atoms with Crippen LogP contribution in [0.25, 0.3) is 0 Å². The topological polar surface area (TPSA) is 50.9 Å². The summed E-state index contributed by atoms with van der Waals surface area (Å²) in [4.78, 5) is 4.03. The van der Waals surface area contributed by atoms with E-state index in [9.17, 15) is 0 Å². The summed E-state index contributed by atoms with van der Waals surface area (Å²) in [5.41, 5.74) is 7.19. The summed E-state index contributed by atoms with van der Waals surface area (Å²) in [5, 5.41) is 3.34. The number of nitrogens with two attached hydrogens (primary N) is 1. The number of anilines is 2. The highest BCUT2D eigenvalue weighted by molar-refractivity contribution is 5.60. The van der Waals surface area contributed by atoms with Gasteiger partial charge in [0.1, 0.15) is 5.82 Å². The molecule has 1 unspecified atom stereocenters. The van der Waals surface area contributed by atoms with E-state index in [0.717, 1.165) is 18.2 Å². The van der Waals surface area contributed by atoms with Crippen LogP contribution in [0.1, 0.15) is 20.3 Å². The van der Waals surface area contributed by atoms with Crippen molar-refractivity contribution in [2.45, 2.75) is 20.3 Å². The van der Waals surface area contributed by atoms with E-state index in [1.54, 1.807) is 6.20 Å². The molecule has 1 fully saturated rings. The summed E-state index contributed by atoms with van der Waals surface area (Å²) >= 11 is 0. The number of rotatable bonds is 3. The molecule has 0 amide bonds. The van der Waals surface area contributed by atoms with Crippen molar-refractivity contribution in [1.82, 2.24) is 4.98 Å². The van der Waals surface area contributed by atoms with Crippen molar-refractivity contribution in [1.29, 1.82) is 0 Å². The molecule has 1 aliphatic carbocycles. The third-order valence-corrected chi connectivity index (χ3v) is 3.09. The Labute approximate surface area is 84.7 Å². The normalized spacial score (nSPS) is 23.1. The van der Waals surface area contributed by atoms with E-state index in [4.69, 9.17) is 5.73 Å². The maximum Gasteiger partial charge on any atom is 0.146 e. The number of pyridine rings is 1. The van der Waals surface area contributed by atoms with Gasteiger partial charge in [-0.15, -0.1) is 0 Å². The highest BCUT2D eigenvalue weighted by Gasteiger charge is 2.44. The zero-order chi connectivity index (χ0) is 10.2. The molecule has 1 heterocycles. The highest BCUT2D eigenvalue weighted by atomic mass is 15.0. The highest BCUT2D eigenvalue weighted by Crippen LogP contribution is 2.51. The standard InChI is InChI=1S/C11H17N3/c1-11(2)6-8(11)7-14-9-4-3-5-13-10(9)12/h3-5,8,14H,6-7H2,1-2H3,(H2,12,13). The first-order valence-electron chi connectivity index (χ1n) is 5.04. The summed E-state index contributed by atoms with van der Waals surface area (Å²) < 4.78 is 0. The van der Waals surface area contributed by atoms with Gasteiger partial charge in [0.2, 0.25) is 0 Å². The fourth-order valence-electron chi connectivity index (χ4n) is 1.72. The molecule has 1 aromatic rings. The molecule has 3 nitrogen and oxygen atoms in total. The van der Waals surface area contributed by atoms with Gasteiger partial charge in [0.05, 0.1) is 5.69 Å². The third-order valence-electron chi connectivity index (χ3n) is 3.09. The lowest BCUT2D eigenvalue weighted by molar-refractivity contribution is 0.573. The van der Waals surface area contributed by atoms with Crippen LogP contribution < -0.4 is 11.1 Å². The minimum Gasteiger partial charge on any atom is -0.382 e. The Hall–Kier alpha value is -1.25. The average Bonchev–Trinajstić information content (AvgIpc) is 2.73. The minimum atomic E-state index is 0.518. The van der Waals surface area contributed by atoms with E-state index in [0.29, 0.717) is 11.2 Å². The average molecular weight is 191 g/mol. The molecule has 1 saturated carbocycles. The van der Waals surface area contributed by atoms with E-state index in [1.807, 2.05) is 12.1 Å². The Balaban J connectivity index is 1.90. The van der Waals surface area contributed by atoms with Gasteiger partial charge >= 0.3 is 0 Å². The molecule has 0 spiro atoms. The summed E-state index contributed by atoms with van der Waals surface area (Å²) in [6, 6.07) is 3.87. The Kier molecular flexibility index (Phi) is 2.10. The number of nitrogen functional groups attached to an aromatic ring is 1. The van der Waals surface area contributed by atoms with Gasteiger partial charge in [0, 0.05) is 12.7 Å². The maximum atomic E-state index is 5.72. The van der Waals surface area contributed by atoms with Gasteiger partial charge in [0.25, 0.3) is 0 Å². The zero-order valence-corrected chi connectivity index (χ0v) is 8.75. The molecule has 0 aromatic carbocycles. The molecular formula is C11H17N3. The molecule has 1 atom stereocenters. The molecule has 14 heavy (non-hydrogen) atoms. The van der Waals surface area contributed by atoms with E-state index < -0.39 is 0 Å². The van der Waals surface area contributed by atoms with Gasteiger partial charge in [-0.3, -0.25) is 0 Å². The molecule has 76 valence electrons. The molecule has 1 aromatic heterocycles. The fourth-order valence-corrected chi connectivity index (χ4v) is 1.72. The van der Waals surface area contributed by atoms with Crippen molar-refractivity contribution >= 4 is 11.5 Å². The number of hydrogen-bond donors (Lipinski definition) is 2. The number of nitrogens with zero attached hydrogens (tertiary/aromatic N) is 1. The van der Waals surface area contributed by atoms with Crippen molar-refractivity contribution < 1.29 is 0 Å². The number of hydrogen-bond acceptors (Lipinski definition) is 3. The smallest absolute Gasteiger partial charge is 0.146 e. The Morgan fingerprint density at radius 2 is 2.36 bits per heavy atom. The summed E-state index contributed by atoms with van der Waals surface area (Å²) in [6.07, 6.45) is 3.02. The van der Waals surface area contributed by atoms with E-state index in [2.05, 4.69) is 24.1 Å². The minimum absolute atomic E-state index is 0.518. The second-order valence-electron chi connectivity index (χ2n) is 4.71. The van der Waals surface area contributed by atoms with Crippen molar-refractivity contribution in [2.24, 2.45) is 11.3 Å².